The van der Waals surface area contributed by atoms with Gasteiger partial charge in [-0.2, -0.15) is 4.31 Å². The first kappa shape index (κ1) is 22.4. The Morgan fingerprint density at radius 1 is 1.18 bits per heavy atom. The van der Waals surface area contributed by atoms with E-state index >= 15 is 0 Å². The van der Waals surface area contributed by atoms with Crippen LogP contribution in [0.3, 0.4) is 0 Å². The Bertz CT molecular complexity index is 1400. The maximum Gasteiger partial charge on any atom is 0.243 e. The van der Waals surface area contributed by atoms with Crippen LogP contribution in [-0.2, 0) is 16.6 Å². The van der Waals surface area contributed by atoms with Gasteiger partial charge in [0.2, 0.25) is 15.9 Å². The van der Waals surface area contributed by atoms with E-state index in [1.165, 1.54) is 11.1 Å². The van der Waals surface area contributed by atoms with Gasteiger partial charge in [0.05, 0.1) is 12.0 Å². The Hall–Kier alpha value is -3.44. The van der Waals surface area contributed by atoms with Crippen molar-refractivity contribution in [3.8, 4) is 17.2 Å². The molecule has 10 nitrogen and oxygen atoms in total. The van der Waals surface area contributed by atoms with Crippen LogP contribution in [0.4, 0.5) is 0 Å². The van der Waals surface area contributed by atoms with Crippen LogP contribution in [0.2, 0.25) is 0 Å². The fourth-order valence-corrected chi connectivity index (χ4v) is 5.63. The summed E-state index contributed by atoms with van der Waals surface area (Å²) in [5.74, 6) is 1.54. The van der Waals surface area contributed by atoms with Gasteiger partial charge in [0, 0.05) is 18.7 Å². The molecule has 2 aromatic heterocycles. The van der Waals surface area contributed by atoms with E-state index in [-0.39, 0.29) is 11.5 Å². The van der Waals surface area contributed by atoms with Crippen molar-refractivity contribution in [1.29, 1.82) is 0 Å². The van der Waals surface area contributed by atoms with E-state index in [4.69, 9.17) is 14.0 Å². The highest BCUT2D eigenvalue weighted by molar-refractivity contribution is 7.89. The monoisotopic (exact) mass is 483 g/mol. The molecule has 0 aliphatic carbocycles. The third-order valence-corrected chi connectivity index (χ3v) is 7.73. The number of sulfonamides is 1. The highest BCUT2D eigenvalue weighted by Gasteiger charge is 2.29. The zero-order valence-electron chi connectivity index (χ0n) is 18.9. The molecule has 1 saturated heterocycles. The van der Waals surface area contributed by atoms with Gasteiger partial charge in [-0.25, -0.2) is 13.4 Å². The van der Waals surface area contributed by atoms with E-state index in [1.807, 2.05) is 24.3 Å². The highest BCUT2D eigenvalue weighted by Crippen LogP contribution is 2.26. The van der Waals surface area contributed by atoms with Crippen LogP contribution in [0.5, 0.6) is 5.75 Å². The molecule has 2 aromatic carbocycles. The summed E-state index contributed by atoms with van der Waals surface area (Å²) < 4.78 is 38.6. The van der Waals surface area contributed by atoms with Gasteiger partial charge in [0.1, 0.15) is 28.7 Å². The molecular weight excluding hydrogens is 458 g/mol. The first-order valence-corrected chi connectivity index (χ1v) is 12.5. The molecule has 5 rings (SSSR count). The highest BCUT2D eigenvalue weighted by atomic mass is 32.2. The number of hydrogen-bond donors (Lipinski definition) is 0. The number of ether oxygens (including phenoxy) is 1. The smallest absolute Gasteiger partial charge is 0.243 e. The quantitative estimate of drug-likeness (QED) is 0.394. The Balaban J connectivity index is 1.33. The summed E-state index contributed by atoms with van der Waals surface area (Å²) in [7, 11) is -2.00. The van der Waals surface area contributed by atoms with Crippen molar-refractivity contribution in [1.82, 2.24) is 24.4 Å². The molecule has 0 saturated carbocycles. The van der Waals surface area contributed by atoms with E-state index in [1.54, 1.807) is 29.6 Å². The molecule has 1 fully saturated rings. The number of hydrogen-bond acceptors (Lipinski definition) is 8. The van der Waals surface area contributed by atoms with Crippen molar-refractivity contribution in [2.45, 2.75) is 31.3 Å². The molecule has 3 heterocycles. The standard InChI is InChI=1S/C23H25N5O5S/c1-16-4-3-11-27(13-16)34(29,30)20-9-10-21-22(12-20)28(26-25-21)33-15-18-14-32-23(24-18)17-5-7-19(31-2)8-6-17/h5-10,12,14,16H,3-4,11,13,15H2,1-2H3. The first-order chi connectivity index (χ1) is 16.4. The molecule has 34 heavy (non-hydrogen) atoms. The molecular formula is C23H25N5O5S. The van der Waals surface area contributed by atoms with Gasteiger partial charge in [0.15, 0.2) is 6.61 Å². The van der Waals surface area contributed by atoms with E-state index in [0.29, 0.717) is 41.6 Å². The Morgan fingerprint density at radius 2 is 2.00 bits per heavy atom. The van der Waals surface area contributed by atoms with Gasteiger partial charge in [-0.05, 0) is 66.4 Å². The molecule has 1 atom stereocenters. The van der Waals surface area contributed by atoms with E-state index in [0.717, 1.165) is 24.2 Å². The lowest BCUT2D eigenvalue weighted by atomic mass is 10.0. The second-order valence-electron chi connectivity index (χ2n) is 8.37. The van der Waals surface area contributed by atoms with E-state index in [2.05, 4.69) is 22.2 Å². The lowest BCUT2D eigenvalue weighted by Gasteiger charge is -2.30. The molecule has 1 aliphatic heterocycles. The van der Waals surface area contributed by atoms with Crippen molar-refractivity contribution in [3.63, 3.8) is 0 Å². The second kappa shape index (κ2) is 9.07. The second-order valence-corrected chi connectivity index (χ2v) is 10.3. The number of nitrogens with zero attached hydrogens (tertiary/aromatic N) is 5. The fourth-order valence-electron chi connectivity index (χ4n) is 4.01. The molecule has 0 N–H and O–H groups in total. The Labute approximate surface area is 197 Å². The molecule has 0 radical (unpaired) electrons. The van der Waals surface area contributed by atoms with Crippen molar-refractivity contribution >= 4 is 21.1 Å². The molecule has 1 unspecified atom stereocenters. The summed E-state index contributed by atoms with van der Waals surface area (Å²) in [5.41, 5.74) is 2.36. The van der Waals surface area contributed by atoms with Crippen LogP contribution in [0.1, 0.15) is 25.5 Å². The number of piperidine rings is 1. The summed E-state index contributed by atoms with van der Waals surface area (Å²) >= 11 is 0. The van der Waals surface area contributed by atoms with Crippen LogP contribution in [0.25, 0.3) is 22.5 Å². The number of aromatic nitrogens is 4. The molecule has 0 bridgehead atoms. The molecule has 1 aliphatic rings. The SMILES string of the molecule is COc1ccc(-c2nc(COn3nnc4ccc(S(=O)(=O)N5CCCC(C)C5)cc43)co2)cc1. The molecule has 11 heteroatoms. The maximum absolute atomic E-state index is 13.2. The number of fused-ring (bicyclic) bond motifs is 1. The maximum atomic E-state index is 13.2. The molecule has 178 valence electrons. The van der Waals surface area contributed by atoms with Crippen molar-refractivity contribution in [3.05, 3.63) is 54.4 Å². The van der Waals surface area contributed by atoms with E-state index in [9.17, 15) is 8.42 Å². The lowest BCUT2D eigenvalue weighted by molar-refractivity contribution is 0.0730. The van der Waals surface area contributed by atoms with Gasteiger partial charge in [-0.3, -0.25) is 0 Å². The lowest BCUT2D eigenvalue weighted by Crippen LogP contribution is -2.39. The largest absolute Gasteiger partial charge is 0.497 e. The van der Waals surface area contributed by atoms with Crippen LogP contribution in [0, 0.1) is 5.92 Å². The normalized spacial score (nSPS) is 17.2. The predicted molar refractivity (Wildman–Crippen MR) is 123 cm³/mol. The number of methoxy groups -OCH3 is 1. The minimum atomic E-state index is -3.61. The average Bonchev–Trinajstić information content (AvgIpc) is 3.49. The number of rotatable bonds is 7. The van der Waals surface area contributed by atoms with Crippen molar-refractivity contribution in [2.24, 2.45) is 5.92 Å². The van der Waals surface area contributed by atoms with Crippen LogP contribution in [-0.4, -0.2) is 53.1 Å². The zero-order valence-corrected chi connectivity index (χ0v) is 19.7. The third kappa shape index (κ3) is 4.36. The first-order valence-electron chi connectivity index (χ1n) is 11.0. The van der Waals surface area contributed by atoms with Crippen LogP contribution in [0.15, 0.2) is 58.0 Å². The molecule has 0 spiro atoms. The van der Waals surface area contributed by atoms with Crippen molar-refractivity contribution < 1.29 is 22.4 Å². The summed E-state index contributed by atoms with van der Waals surface area (Å²) in [6, 6.07) is 12.1. The third-order valence-electron chi connectivity index (χ3n) is 5.87. The van der Waals surface area contributed by atoms with Gasteiger partial charge in [-0.1, -0.05) is 11.8 Å². The zero-order chi connectivity index (χ0) is 23.7. The minimum Gasteiger partial charge on any atom is -0.497 e. The van der Waals surface area contributed by atoms with Gasteiger partial charge >= 0.3 is 0 Å². The van der Waals surface area contributed by atoms with Gasteiger partial charge < -0.3 is 14.0 Å². The fraction of sp³-hybridized carbons (Fsp3) is 0.348. The van der Waals surface area contributed by atoms with Gasteiger partial charge in [0.25, 0.3) is 0 Å². The number of benzene rings is 2. The molecule has 0 amide bonds. The minimum absolute atomic E-state index is 0.0682. The van der Waals surface area contributed by atoms with Crippen LogP contribution < -0.4 is 9.57 Å². The predicted octanol–water partition coefficient (Wildman–Crippen LogP) is 3.14. The van der Waals surface area contributed by atoms with E-state index < -0.39 is 10.0 Å². The summed E-state index contributed by atoms with van der Waals surface area (Å²) in [4.78, 5) is 11.6. The van der Waals surface area contributed by atoms with Gasteiger partial charge in [-0.15, -0.1) is 5.10 Å². The topological polar surface area (TPSA) is 113 Å². The Morgan fingerprint density at radius 3 is 2.76 bits per heavy atom. The summed E-state index contributed by atoms with van der Waals surface area (Å²) in [6.07, 6.45) is 3.41. The van der Waals surface area contributed by atoms with Crippen molar-refractivity contribution in [2.75, 3.05) is 20.2 Å². The Kier molecular flexibility index (Phi) is 5.96. The summed E-state index contributed by atoms with van der Waals surface area (Å²) in [6.45, 7) is 3.19. The molecule has 4 aromatic rings. The average molecular weight is 484 g/mol. The van der Waals surface area contributed by atoms with Crippen LogP contribution >= 0.6 is 0 Å². The summed E-state index contributed by atoms with van der Waals surface area (Å²) in [5, 5.41) is 8.08. The number of oxazole rings is 1.